The monoisotopic (exact) mass is 739 g/mol. The first kappa shape index (κ1) is 42.4. The van der Waals surface area contributed by atoms with Gasteiger partial charge in [0.2, 0.25) is 0 Å². The molecule has 0 aromatic heterocycles. The summed E-state index contributed by atoms with van der Waals surface area (Å²) in [5.74, 6) is -0.753. The molecule has 1 saturated heterocycles. The highest BCUT2D eigenvalue weighted by molar-refractivity contribution is 5.83. The summed E-state index contributed by atoms with van der Waals surface area (Å²) in [5.41, 5.74) is -0.300. The minimum atomic E-state index is -1.27. The zero-order chi connectivity index (χ0) is 38.6. The van der Waals surface area contributed by atoms with Crippen LogP contribution >= 0.6 is 0 Å². The van der Waals surface area contributed by atoms with Crippen molar-refractivity contribution in [1.82, 2.24) is 4.90 Å². The van der Waals surface area contributed by atoms with Gasteiger partial charge in [-0.25, -0.2) is 9.59 Å². The average Bonchev–Trinajstić information content (AvgIpc) is 3.50. The van der Waals surface area contributed by atoms with Gasteiger partial charge in [0, 0.05) is 24.4 Å². The number of unbranched alkanes of at least 4 members (excludes halogenated alkanes) is 11. The van der Waals surface area contributed by atoms with Crippen molar-refractivity contribution in [3.8, 4) is 11.5 Å². The Bertz CT molecular complexity index is 1460. The molecule has 1 aliphatic carbocycles. The highest BCUT2D eigenvalue weighted by Crippen LogP contribution is 2.62. The van der Waals surface area contributed by atoms with Crippen LogP contribution in [0, 0.1) is 6.92 Å². The Morgan fingerprint density at radius 2 is 1.57 bits per heavy atom. The molecule has 2 aliphatic heterocycles. The van der Waals surface area contributed by atoms with Crippen LogP contribution in [0.5, 0.6) is 11.5 Å². The van der Waals surface area contributed by atoms with E-state index in [0.29, 0.717) is 30.9 Å². The first-order valence-corrected chi connectivity index (χ1v) is 20.1. The molecule has 0 amide bonds. The van der Waals surface area contributed by atoms with Gasteiger partial charge in [-0.05, 0) is 97.5 Å². The van der Waals surface area contributed by atoms with Gasteiger partial charge in [0.25, 0.3) is 0 Å². The van der Waals surface area contributed by atoms with E-state index in [1.807, 2.05) is 33.0 Å². The molecule has 1 aromatic rings. The molecule has 10 nitrogen and oxygen atoms in total. The van der Waals surface area contributed by atoms with Gasteiger partial charge in [-0.1, -0.05) is 76.5 Å². The van der Waals surface area contributed by atoms with Crippen molar-refractivity contribution in [3.63, 3.8) is 0 Å². The van der Waals surface area contributed by atoms with Crippen LogP contribution in [0.15, 0.2) is 36.1 Å². The third kappa shape index (κ3) is 9.85. The van der Waals surface area contributed by atoms with Gasteiger partial charge in [0.1, 0.15) is 5.76 Å². The van der Waals surface area contributed by atoms with E-state index >= 15 is 0 Å². The number of carbonyl (C=O) groups is 3. The van der Waals surface area contributed by atoms with E-state index in [1.54, 1.807) is 13.2 Å². The third-order valence-electron chi connectivity index (χ3n) is 11.7. The van der Waals surface area contributed by atoms with Crippen LogP contribution in [0.1, 0.15) is 142 Å². The molecule has 1 N–H and O–H groups in total. The Morgan fingerprint density at radius 3 is 2.23 bits per heavy atom. The molecule has 3 aliphatic rings. The number of benzene rings is 1. The molecule has 0 radical (unpaired) electrons. The highest BCUT2D eigenvalue weighted by Gasteiger charge is 2.69. The Balaban J connectivity index is 1.21. The van der Waals surface area contributed by atoms with Crippen molar-refractivity contribution in [1.29, 1.82) is 0 Å². The van der Waals surface area contributed by atoms with Gasteiger partial charge < -0.3 is 33.7 Å². The molecule has 0 unspecified atom stereocenters. The van der Waals surface area contributed by atoms with E-state index in [4.69, 9.17) is 23.7 Å². The molecule has 1 aromatic carbocycles. The summed E-state index contributed by atoms with van der Waals surface area (Å²) in [4.78, 5) is 40.8. The van der Waals surface area contributed by atoms with Gasteiger partial charge >= 0.3 is 17.9 Å². The zero-order valence-electron chi connectivity index (χ0n) is 33.4. The predicted molar refractivity (Wildman–Crippen MR) is 205 cm³/mol. The number of carbonyl (C=O) groups excluding carboxylic acids is 3. The summed E-state index contributed by atoms with van der Waals surface area (Å²) in [5, 5.41) is 12.4. The first-order valence-electron chi connectivity index (χ1n) is 20.1. The summed E-state index contributed by atoms with van der Waals surface area (Å²) >= 11 is 0. The second kappa shape index (κ2) is 19.8. The number of likely N-dealkylation sites (tertiary alicyclic amines) is 1. The fourth-order valence-corrected chi connectivity index (χ4v) is 8.32. The van der Waals surface area contributed by atoms with Crippen molar-refractivity contribution in [3.05, 3.63) is 47.2 Å². The molecule has 53 heavy (non-hydrogen) atoms. The molecular formula is C43H65NO9. The lowest BCUT2D eigenvalue weighted by atomic mass is 9.54. The number of likely N-dealkylation sites (N-methyl/N-ethyl adjacent to an activating group) is 1. The maximum atomic E-state index is 13.4. The second-order valence-corrected chi connectivity index (χ2v) is 15.4. The van der Waals surface area contributed by atoms with Crippen molar-refractivity contribution in [2.45, 2.75) is 173 Å². The number of hydrogen-bond donors (Lipinski definition) is 1. The fraction of sp³-hybridized carbons (Fsp3) is 0.698. The Kier molecular flexibility index (Phi) is 15.8. The number of nitrogens with zero attached hydrogens (tertiary/aromatic N) is 1. The van der Waals surface area contributed by atoms with Gasteiger partial charge in [0.05, 0.1) is 18.1 Å². The van der Waals surface area contributed by atoms with Crippen LogP contribution in [0.2, 0.25) is 0 Å². The van der Waals surface area contributed by atoms with Crippen LogP contribution in [0.25, 0.3) is 0 Å². The molecular weight excluding hydrogens is 674 g/mol. The molecule has 4 rings (SSSR count). The molecule has 1 spiro atoms. The van der Waals surface area contributed by atoms with Gasteiger partial charge in [-0.15, -0.1) is 0 Å². The molecule has 296 valence electrons. The molecule has 6 atom stereocenters. The Hall–Kier alpha value is -3.37. The smallest absolute Gasteiger partial charge is 0.352 e. The first-order chi connectivity index (χ1) is 25.4. The molecule has 0 bridgehead atoms. The number of methoxy groups -OCH3 is 1. The number of fused-ring (bicyclic) bond motifs is 1. The van der Waals surface area contributed by atoms with Crippen molar-refractivity contribution >= 4 is 17.9 Å². The minimum Gasteiger partial charge on any atom is -0.493 e. The number of esters is 3. The Morgan fingerprint density at radius 1 is 0.943 bits per heavy atom. The normalized spacial score (nSPS) is 24.6. The van der Waals surface area contributed by atoms with Crippen LogP contribution in [-0.2, 0) is 34.0 Å². The Labute approximate surface area is 317 Å². The number of aryl methyl sites for hydroxylation is 1. The predicted octanol–water partition coefficient (Wildman–Crippen LogP) is 8.19. The molecule has 0 saturated carbocycles. The van der Waals surface area contributed by atoms with E-state index in [9.17, 15) is 19.5 Å². The third-order valence-corrected chi connectivity index (χ3v) is 11.7. The fourth-order valence-electron chi connectivity index (χ4n) is 8.32. The number of aliphatic hydroxyl groups is 1. The maximum absolute atomic E-state index is 13.4. The number of allylic oxidation sites excluding steroid dienone is 2. The van der Waals surface area contributed by atoms with E-state index in [2.05, 4.69) is 24.0 Å². The molecule has 2 heterocycles. The summed E-state index contributed by atoms with van der Waals surface area (Å²) in [6, 6.07) is 3.58. The topological polar surface area (TPSA) is 121 Å². The largest absolute Gasteiger partial charge is 0.493 e. The van der Waals surface area contributed by atoms with Gasteiger partial charge in [-0.3, -0.25) is 4.79 Å². The second-order valence-electron chi connectivity index (χ2n) is 15.4. The lowest BCUT2D eigenvalue weighted by molar-refractivity contribution is -0.178. The van der Waals surface area contributed by atoms with E-state index < -0.39 is 47.2 Å². The number of piperidine rings is 1. The van der Waals surface area contributed by atoms with Crippen LogP contribution < -0.4 is 9.47 Å². The van der Waals surface area contributed by atoms with Gasteiger partial charge in [-0.2, -0.15) is 0 Å². The van der Waals surface area contributed by atoms with Crippen molar-refractivity contribution < 1.29 is 43.2 Å². The lowest BCUT2D eigenvalue weighted by Gasteiger charge is -2.58. The average molecular weight is 740 g/mol. The number of rotatable bonds is 21. The van der Waals surface area contributed by atoms with Crippen LogP contribution in [0.4, 0.5) is 0 Å². The number of ether oxygens (including phenoxy) is 5. The SMILES string of the molecule is CCCCCCCC/C=C\CCCCCCCC(=O)O[C@@H](C)C(=O)O[C@@H](C)C(=O)OC1=CC[C@@]2(O)[C@@H](C)N(C)CC[C@@]23c2c(C)ccc(OC)c2O[C@@H]13. The summed E-state index contributed by atoms with van der Waals surface area (Å²) < 4.78 is 28.8. The minimum absolute atomic E-state index is 0.214. The van der Waals surface area contributed by atoms with Crippen LogP contribution in [-0.4, -0.2) is 78.6 Å². The summed E-state index contributed by atoms with van der Waals surface area (Å²) in [7, 11) is 3.56. The number of hydrogen-bond acceptors (Lipinski definition) is 10. The van der Waals surface area contributed by atoms with Crippen LogP contribution in [0.3, 0.4) is 0 Å². The quantitative estimate of drug-likeness (QED) is 0.0572. The standard InChI is InChI=1S/C43H65NO9/c1-8-9-10-11-12-13-14-15-16-17-18-19-20-21-22-23-36(45)50-31(3)40(46)51-32(4)41(47)52-35-26-27-43(48)33(5)44(6)29-28-42(43)37-30(2)24-25-34(49-7)38(37)53-39(35)42/h15-16,24-26,31-33,39,48H,8-14,17-23,27-29H2,1-7H3/b16-15-/t31-,32-,33+,39-,42-,43+/m0/s1. The molecule has 1 fully saturated rings. The van der Waals surface area contributed by atoms with E-state index in [-0.39, 0.29) is 24.6 Å². The van der Waals surface area contributed by atoms with E-state index in [1.165, 1.54) is 58.8 Å². The lowest BCUT2D eigenvalue weighted by Crippen LogP contribution is -2.71. The summed E-state index contributed by atoms with van der Waals surface area (Å²) in [6.45, 7) is 9.79. The maximum Gasteiger partial charge on any atom is 0.352 e. The summed E-state index contributed by atoms with van der Waals surface area (Å²) in [6.07, 6.45) is 19.2. The van der Waals surface area contributed by atoms with Gasteiger partial charge in [0.15, 0.2) is 29.8 Å². The van der Waals surface area contributed by atoms with Crippen molar-refractivity contribution in [2.24, 2.45) is 0 Å². The van der Waals surface area contributed by atoms with E-state index in [0.717, 1.165) is 43.2 Å². The molecule has 10 heteroatoms. The highest BCUT2D eigenvalue weighted by atomic mass is 16.6. The van der Waals surface area contributed by atoms with Crippen molar-refractivity contribution in [2.75, 3.05) is 20.7 Å². The zero-order valence-corrected chi connectivity index (χ0v) is 33.4.